The summed E-state index contributed by atoms with van der Waals surface area (Å²) in [7, 11) is -2.25. The summed E-state index contributed by atoms with van der Waals surface area (Å²) in [6.45, 7) is 6.08. The van der Waals surface area contributed by atoms with Gasteiger partial charge in [0, 0.05) is 12.2 Å². The monoisotopic (exact) mass is 430 g/mol. The largest absolute Gasteiger partial charge is 0.325 e. The Bertz CT molecular complexity index is 1170. The maximum atomic E-state index is 12.4. The maximum absolute atomic E-state index is 12.4. The second-order valence-corrected chi connectivity index (χ2v) is 9.10. The molecule has 0 saturated carbocycles. The van der Waals surface area contributed by atoms with E-state index in [1.54, 1.807) is 25.1 Å². The molecule has 0 unspecified atom stereocenters. The molecule has 1 heterocycles. The molecule has 0 radical (unpaired) electrons. The normalized spacial score (nSPS) is 11.5. The molecule has 0 fully saturated rings. The van der Waals surface area contributed by atoms with E-state index in [-0.39, 0.29) is 16.6 Å². The van der Waals surface area contributed by atoms with Crippen molar-refractivity contribution < 1.29 is 13.2 Å². The molecule has 0 atom stereocenters. The predicted octanol–water partition coefficient (Wildman–Crippen LogP) is 3.17. The first-order valence-corrected chi connectivity index (χ1v) is 11.4. The molecule has 9 heteroatoms. The lowest BCUT2D eigenvalue weighted by Gasteiger charge is -2.10. The molecule has 2 N–H and O–H groups in total. The number of hydrogen-bond donors (Lipinski definition) is 2. The lowest BCUT2D eigenvalue weighted by atomic mass is 10.2. The van der Waals surface area contributed by atoms with E-state index in [1.807, 2.05) is 28.8 Å². The molecule has 0 saturated heterocycles. The van der Waals surface area contributed by atoms with Gasteiger partial charge < -0.3 is 9.88 Å². The molecular formula is C20H22N4O3S2. The van der Waals surface area contributed by atoms with E-state index < -0.39 is 10.0 Å². The number of carbonyl (C=O) groups excluding carboxylic acids is 1. The quantitative estimate of drug-likeness (QED) is 0.423. The average molecular weight is 431 g/mol. The first-order chi connectivity index (χ1) is 13.9. The summed E-state index contributed by atoms with van der Waals surface area (Å²) in [5.41, 5.74) is 2.87. The van der Waals surface area contributed by atoms with Crippen LogP contribution in [0.2, 0.25) is 0 Å². The van der Waals surface area contributed by atoms with Gasteiger partial charge in [-0.3, -0.25) is 4.79 Å². The summed E-state index contributed by atoms with van der Waals surface area (Å²) in [4.78, 5) is 17.2. The lowest BCUT2D eigenvalue weighted by Crippen LogP contribution is -2.20. The number of benzene rings is 2. The Morgan fingerprint density at radius 3 is 2.76 bits per heavy atom. The molecule has 1 amide bonds. The molecule has 152 valence electrons. The first-order valence-electron chi connectivity index (χ1n) is 8.88. The molecule has 3 aromatic rings. The Morgan fingerprint density at radius 1 is 1.28 bits per heavy atom. The van der Waals surface area contributed by atoms with Gasteiger partial charge in [0.25, 0.3) is 0 Å². The summed E-state index contributed by atoms with van der Waals surface area (Å²) < 4.78 is 28.5. The number of aryl methyl sites for hydroxylation is 1. The Balaban J connectivity index is 1.74. The fraction of sp³-hybridized carbons (Fsp3) is 0.200. The number of anilines is 1. The average Bonchev–Trinajstić information content (AvgIpc) is 3.06. The highest BCUT2D eigenvalue weighted by Crippen LogP contribution is 2.25. The van der Waals surface area contributed by atoms with Gasteiger partial charge in [0.2, 0.25) is 15.9 Å². The number of carbonyl (C=O) groups is 1. The van der Waals surface area contributed by atoms with Crippen LogP contribution in [0.25, 0.3) is 11.0 Å². The first kappa shape index (κ1) is 21.1. The molecule has 0 aliphatic rings. The highest BCUT2D eigenvalue weighted by Gasteiger charge is 2.16. The van der Waals surface area contributed by atoms with Gasteiger partial charge in [0.05, 0.1) is 21.7 Å². The van der Waals surface area contributed by atoms with Crippen LogP contribution in [0.3, 0.4) is 0 Å². The fourth-order valence-corrected chi connectivity index (χ4v) is 4.69. The van der Waals surface area contributed by atoms with Crippen LogP contribution in [0.15, 0.2) is 65.2 Å². The zero-order chi connectivity index (χ0) is 21.0. The number of rotatable bonds is 8. The van der Waals surface area contributed by atoms with Crippen LogP contribution in [-0.4, -0.2) is 36.7 Å². The molecule has 0 spiro atoms. The van der Waals surface area contributed by atoms with Crippen molar-refractivity contribution in [3.05, 3.63) is 60.7 Å². The number of sulfonamides is 1. The van der Waals surface area contributed by atoms with Crippen LogP contribution < -0.4 is 10.0 Å². The van der Waals surface area contributed by atoms with Crippen molar-refractivity contribution >= 4 is 44.4 Å². The number of nitrogens with one attached hydrogen (secondary N) is 2. The van der Waals surface area contributed by atoms with Crippen LogP contribution in [0, 0.1) is 6.92 Å². The summed E-state index contributed by atoms with van der Waals surface area (Å²) in [6.07, 6.45) is 1.79. The van der Waals surface area contributed by atoms with E-state index in [0.29, 0.717) is 17.8 Å². The number of thioether (sulfide) groups is 1. The van der Waals surface area contributed by atoms with Gasteiger partial charge >= 0.3 is 0 Å². The second kappa shape index (κ2) is 8.81. The second-order valence-electron chi connectivity index (χ2n) is 6.31. The van der Waals surface area contributed by atoms with Crippen LogP contribution in [0.5, 0.6) is 0 Å². The molecule has 2 aromatic carbocycles. The minimum Gasteiger partial charge on any atom is -0.325 e. The van der Waals surface area contributed by atoms with Crippen molar-refractivity contribution in [2.45, 2.75) is 23.5 Å². The maximum Gasteiger partial charge on any atom is 0.240 e. The molecule has 0 bridgehead atoms. The Hall–Kier alpha value is -2.62. The molecule has 7 nitrogen and oxygen atoms in total. The molecular weight excluding hydrogens is 408 g/mol. The summed E-state index contributed by atoms with van der Waals surface area (Å²) in [5.74, 6) is -0.105. The SMILES string of the molecule is C=CCn1c(SCC(=O)Nc2ccc(C)c(S(=O)(=O)NC)c2)nc2ccccc21. The minimum atomic E-state index is -3.60. The highest BCUT2D eigenvalue weighted by atomic mass is 32.2. The van der Waals surface area contributed by atoms with Gasteiger partial charge in [-0.2, -0.15) is 0 Å². The third-order valence-corrected chi connectivity index (χ3v) is 6.83. The third kappa shape index (κ3) is 4.69. The van der Waals surface area contributed by atoms with Crippen LogP contribution in [0.4, 0.5) is 5.69 Å². The van der Waals surface area contributed by atoms with Gasteiger partial charge in [0.15, 0.2) is 5.16 Å². The van der Waals surface area contributed by atoms with Gasteiger partial charge in [-0.1, -0.05) is 36.0 Å². The topological polar surface area (TPSA) is 93.1 Å². The van der Waals surface area contributed by atoms with Crippen molar-refractivity contribution in [2.75, 3.05) is 18.1 Å². The molecule has 0 aliphatic heterocycles. The summed E-state index contributed by atoms with van der Waals surface area (Å²) in [5, 5.41) is 3.48. The number of imidazole rings is 1. The Morgan fingerprint density at radius 2 is 2.03 bits per heavy atom. The van der Waals surface area contributed by atoms with Crippen LogP contribution in [-0.2, 0) is 21.4 Å². The predicted molar refractivity (Wildman–Crippen MR) is 117 cm³/mol. The number of allylic oxidation sites excluding steroid dienone is 1. The lowest BCUT2D eigenvalue weighted by molar-refractivity contribution is -0.113. The summed E-state index contributed by atoms with van der Waals surface area (Å²) >= 11 is 1.32. The van der Waals surface area contributed by atoms with Gasteiger partial charge in [-0.15, -0.1) is 6.58 Å². The van der Waals surface area contributed by atoms with Crippen molar-refractivity contribution in [3.8, 4) is 0 Å². The fourth-order valence-electron chi connectivity index (χ4n) is 2.87. The molecule has 0 aliphatic carbocycles. The van der Waals surface area contributed by atoms with Crippen molar-refractivity contribution in [1.29, 1.82) is 0 Å². The zero-order valence-corrected chi connectivity index (χ0v) is 17.8. The number of aromatic nitrogens is 2. The number of fused-ring (bicyclic) bond motifs is 1. The smallest absolute Gasteiger partial charge is 0.240 e. The zero-order valence-electron chi connectivity index (χ0n) is 16.2. The van der Waals surface area contributed by atoms with Crippen molar-refractivity contribution in [2.24, 2.45) is 0 Å². The van der Waals surface area contributed by atoms with Crippen molar-refractivity contribution in [3.63, 3.8) is 0 Å². The minimum absolute atomic E-state index is 0.137. The molecule has 1 aromatic heterocycles. The Kier molecular flexibility index (Phi) is 6.41. The number of hydrogen-bond acceptors (Lipinski definition) is 5. The number of para-hydroxylation sites is 2. The van der Waals surface area contributed by atoms with Crippen LogP contribution in [0.1, 0.15) is 5.56 Å². The van der Waals surface area contributed by atoms with Crippen molar-refractivity contribution in [1.82, 2.24) is 14.3 Å². The van der Waals surface area contributed by atoms with Gasteiger partial charge in [0.1, 0.15) is 0 Å². The van der Waals surface area contributed by atoms with E-state index in [4.69, 9.17) is 0 Å². The van der Waals surface area contributed by atoms with E-state index in [1.165, 1.54) is 24.9 Å². The summed E-state index contributed by atoms with van der Waals surface area (Å²) in [6, 6.07) is 12.6. The van der Waals surface area contributed by atoms with E-state index in [9.17, 15) is 13.2 Å². The van der Waals surface area contributed by atoms with Gasteiger partial charge in [-0.05, 0) is 43.8 Å². The Labute approximate surface area is 174 Å². The third-order valence-electron chi connectivity index (χ3n) is 4.29. The highest BCUT2D eigenvalue weighted by molar-refractivity contribution is 7.99. The van der Waals surface area contributed by atoms with Crippen LogP contribution >= 0.6 is 11.8 Å². The molecule has 3 rings (SSSR count). The number of amides is 1. The van der Waals surface area contributed by atoms with E-state index >= 15 is 0 Å². The number of nitrogens with zero attached hydrogens (tertiary/aromatic N) is 2. The van der Waals surface area contributed by atoms with E-state index in [2.05, 4.69) is 21.6 Å². The molecule has 29 heavy (non-hydrogen) atoms. The standard InChI is InChI=1S/C20H22N4O3S2/c1-4-11-24-17-8-6-5-7-16(17)23-20(24)28-13-19(25)22-15-10-9-14(2)18(12-15)29(26,27)21-3/h4-10,12,21H,1,11,13H2,2-3H3,(H,22,25). The van der Waals surface area contributed by atoms with E-state index in [0.717, 1.165) is 16.2 Å². The van der Waals surface area contributed by atoms with Gasteiger partial charge in [-0.25, -0.2) is 18.1 Å².